The molecule has 1 fully saturated rings. The number of benzene rings is 3. The first kappa shape index (κ1) is 30.0. The Morgan fingerprint density at radius 2 is 1.63 bits per heavy atom. The third kappa shape index (κ3) is 6.63. The number of fused-ring (bicyclic) bond motifs is 5. The van der Waals surface area contributed by atoms with E-state index in [0.29, 0.717) is 40.9 Å². The van der Waals surface area contributed by atoms with Gasteiger partial charge in [0.15, 0.2) is 23.0 Å². The van der Waals surface area contributed by atoms with Crippen LogP contribution in [0.5, 0.6) is 34.5 Å². The molecule has 228 valence electrons. The number of nitrogens with one attached hydrogen (secondary N) is 1. The Bertz CT molecular complexity index is 1480. The van der Waals surface area contributed by atoms with E-state index in [1.807, 2.05) is 54.4 Å². The highest BCUT2D eigenvalue weighted by atomic mass is 16.5. The Kier molecular flexibility index (Phi) is 9.22. The van der Waals surface area contributed by atoms with Crippen molar-refractivity contribution in [2.75, 3.05) is 55.1 Å². The lowest BCUT2D eigenvalue weighted by Gasteiger charge is -2.23. The number of methoxy groups -OCH3 is 4. The van der Waals surface area contributed by atoms with E-state index in [-0.39, 0.29) is 43.8 Å². The fraction of sp³-hybridized carbons (Fsp3) is 0.375. The maximum atomic E-state index is 13.8. The number of carbonyl (C=O) groups is 2. The molecule has 0 saturated carbocycles. The third-order valence-electron chi connectivity index (χ3n) is 7.52. The second-order valence-corrected chi connectivity index (χ2v) is 10.5. The molecule has 0 spiro atoms. The molecule has 43 heavy (non-hydrogen) atoms. The minimum atomic E-state index is -0.449. The van der Waals surface area contributed by atoms with E-state index in [1.165, 1.54) is 21.3 Å². The van der Waals surface area contributed by atoms with Gasteiger partial charge in [0.1, 0.15) is 5.75 Å². The number of amides is 2. The zero-order chi connectivity index (χ0) is 30.5. The molecular formula is C32H37N3O8. The molecular weight excluding hydrogens is 554 g/mol. The molecule has 0 aromatic heterocycles. The van der Waals surface area contributed by atoms with Crippen LogP contribution in [0.15, 0.2) is 54.6 Å². The van der Waals surface area contributed by atoms with Crippen molar-refractivity contribution in [2.24, 2.45) is 0 Å². The number of likely N-dealkylation sites (tertiary alicyclic amines) is 1. The van der Waals surface area contributed by atoms with E-state index >= 15 is 0 Å². The molecule has 2 amide bonds. The molecule has 1 N–H and O–H groups in total. The van der Waals surface area contributed by atoms with Crippen molar-refractivity contribution < 1.29 is 38.0 Å². The van der Waals surface area contributed by atoms with Crippen molar-refractivity contribution in [3.8, 4) is 34.5 Å². The van der Waals surface area contributed by atoms with Gasteiger partial charge in [0.05, 0.1) is 59.3 Å². The molecule has 2 heterocycles. The maximum Gasteiger partial charge on any atom is 0.257 e. The first-order valence-electron chi connectivity index (χ1n) is 13.9. The summed E-state index contributed by atoms with van der Waals surface area (Å²) in [7, 11) is 7.96. The summed E-state index contributed by atoms with van der Waals surface area (Å²) in [5.41, 5.74) is 2.18. The molecule has 11 heteroatoms. The number of hydrogen-bond donors (Lipinski definition) is 1. The van der Waals surface area contributed by atoms with Crippen LogP contribution in [-0.2, 0) is 22.7 Å². The topological polar surface area (TPSA) is 108 Å². The normalized spacial score (nSPS) is 19.1. The van der Waals surface area contributed by atoms with Crippen molar-refractivity contribution in [2.45, 2.75) is 25.3 Å². The first-order chi connectivity index (χ1) is 20.8. The molecule has 0 radical (unpaired) electrons. The molecule has 0 aliphatic carbocycles. The Hall–Kier alpha value is -4.48. The monoisotopic (exact) mass is 591 g/mol. The summed E-state index contributed by atoms with van der Waals surface area (Å²) in [5, 5.41) is 3.11. The summed E-state index contributed by atoms with van der Waals surface area (Å²) in [6, 6.07) is 16.2. The zero-order valence-corrected chi connectivity index (χ0v) is 25.0. The fourth-order valence-corrected chi connectivity index (χ4v) is 5.48. The molecule has 5 rings (SSSR count). The highest BCUT2D eigenvalue weighted by molar-refractivity contribution is 5.98. The van der Waals surface area contributed by atoms with Gasteiger partial charge in [-0.1, -0.05) is 18.2 Å². The summed E-state index contributed by atoms with van der Waals surface area (Å²) < 4.78 is 34.5. The molecule has 2 aliphatic rings. The largest absolute Gasteiger partial charge is 0.493 e. The van der Waals surface area contributed by atoms with Crippen LogP contribution in [0.4, 0.5) is 0 Å². The Morgan fingerprint density at radius 1 is 0.860 bits per heavy atom. The summed E-state index contributed by atoms with van der Waals surface area (Å²) in [5.74, 6) is 2.46. The van der Waals surface area contributed by atoms with Crippen LogP contribution >= 0.6 is 0 Å². The van der Waals surface area contributed by atoms with Gasteiger partial charge >= 0.3 is 0 Å². The number of nitrogens with zero attached hydrogens (tertiary/aromatic N) is 2. The predicted molar refractivity (Wildman–Crippen MR) is 158 cm³/mol. The quantitative estimate of drug-likeness (QED) is 0.477. The van der Waals surface area contributed by atoms with Crippen LogP contribution in [0.1, 0.15) is 21.5 Å². The van der Waals surface area contributed by atoms with Gasteiger partial charge < -0.3 is 38.6 Å². The third-order valence-corrected chi connectivity index (χ3v) is 7.52. The van der Waals surface area contributed by atoms with Crippen LogP contribution in [0.25, 0.3) is 0 Å². The van der Waals surface area contributed by atoms with Crippen molar-refractivity contribution in [3.05, 3.63) is 71.3 Å². The Labute approximate surface area is 251 Å². The maximum absolute atomic E-state index is 13.8. The van der Waals surface area contributed by atoms with Gasteiger partial charge in [0, 0.05) is 19.6 Å². The molecule has 3 aromatic carbocycles. The van der Waals surface area contributed by atoms with Crippen LogP contribution < -0.4 is 29.0 Å². The average molecular weight is 592 g/mol. The van der Waals surface area contributed by atoms with Crippen LogP contribution in [0, 0.1) is 0 Å². The van der Waals surface area contributed by atoms with Crippen LogP contribution in [0.3, 0.4) is 0 Å². The predicted octanol–water partition coefficient (Wildman–Crippen LogP) is 3.48. The van der Waals surface area contributed by atoms with Gasteiger partial charge in [0.25, 0.3) is 5.91 Å². The van der Waals surface area contributed by atoms with Gasteiger partial charge in [-0.25, -0.2) is 0 Å². The number of carbonyl (C=O) groups excluding carboxylic acids is 2. The SMILES string of the molecule is COc1ccc2cc1Oc1cccc(c1)CO[C@H]1CN(C(=O)c3ccc(OC)c(OC)c3OC)C[C@@H]1NC(=O)CN(C)C2. The summed E-state index contributed by atoms with van der Waals surface area (Å²) in [6.45, 7) is 1.47. The van der Waals surface area contributed by atoms with Crippen LogP contribution in [0.2, 0.25) is 0 Å². The van der Waals surface area contributed by atoms with E-state index in [9.17, 15) is 9.59 Å². The number of likely N-dealkylation sites (N-methyl/N-ethyl adjacent to an activating group) is 1. The van der Waals surface area contributed by atoms with E-state index in [2.05, 4.69) is 5.32 Å². The second kappa shape index (κ2) is 13.2. The summed E-state index contributed by atoms with van der Waals surface area (Å²) in [4.78, 5) is 30.5. The van der Waals surface area contributed by atoms with Gasteiger partial charge in [-0.05, 0) is 54.6 Å². The fourth-order valence-electron chi connectivity index (χ4n) is 5.48. The summed E-state index contributed by atoms with van der Waals surface area (Å²) >= 11 is 0. The lowest BCUT2D eigenvalue weighted by Crippen LogP contribution is -2.47. The molecule has 11 nitrogen and oxygen atoms in total. The van der Waals surface area contributed by atoms with Gasteiger partial charge in [-0.3, -0.25) is 14.5 Å². The van der Waals surface area contributed by atoms with E-state index in [1.54, 1.807) is 24.1 Å². The van der Waals surface area contributed by atoms with Gasteiger partial charge in [0.2, 0.25) is 11.7 Å². The van der Waals surface area contributed by atoms with Crippen molar-refractivity contribution in [1.82, 2.24) is 15.1 Å². The van der Waals surface area contributed by atoms with Gasteiger partial charge in [-0.15, -0.1) is 0 Å². The highest BCUT2D eigenvalue weighted by Crippen LogP contribution is 2.40. The standard InChI is InChI=1S/C32H37N3O8/c1-34-15-20-9-11-25(38-2)27(14-20)43-22-8-6-7-21(13-22)19-42-28-17-35(16-24(28)33-29(36)18-34)32(37)23-10-12-26(39-3)31(41-5)30(23)40-4/h6-14,24,28H,15-19H2,1-5H3,(H,33,36)/t24-,28-/m0/s1. The first-order valence-corrected chi connectivity index (χ1v) is 13.9. The highest BCUT2D eigenvalue weighted by Gasteiger charge is 2.38. The minimum Gasteiger partial charge on any atom is -0.493 e. The van der Waals surface area contributed by atoms with Crippen molar-refractivity contribution >= 4 is 11.8 Å². The van der Waals surface area contributed by atoms with E-state index < -0.39 is 12.1 Å². The zero-order valence-electron chi connectivity index (χ0n) is 25.0. The van der Waals surface area contributed by atoms with Crippen molar-refractivity contribution in [3.63, 3.8) is 0 Å². The van der Waals surface area contributed by atoms with E-state index in [0.717, 1.165) is 11.1 Å². The van der Waals surface area contributed by atoms with Crippen LogP contribution in [-0.4, -0.2) is 88.9 Å². The average Bonchev–Trinajstić information content (AvgIpc) is 3.40. The molecule has 2 atom stereocenters. The van der Waals surface area contributed by atoms with Gasteiger partial charge in [-0.2, -0.15) is 0 Å². The Balaban J connectivity index is 1.42. The molecule has 3 aromatic rings. The molecule has 1 saturated heterocycles. The number of rotatable bonds is 5. The Morgan fingerprint density at radius 3 is 2.37 bits per heavy atom. The van der Waals surface area contributed by atoms with E-state index in [4.69, 9.17) is 28.4 Å². The molecule has 2 aliphatic heterocycles. The minimum absolute atomic E-state index is 0.155. The second-order valence-electron chi connectivity index (χ2n) is 10.5. The van der Waals surface area contributed by atoms with Crippen molar-refractivity contribution in [1.29, 1.82) is 0 Å². The smallest absolute Gasteiger partial charge is 0.257 e. The molecule has 4 bridgehead atoms. The number of ether oxygens (including phenoxy) is 6. The lowest BCUT2D eigenvalue weighted by atomic mass is 10.1. The lowest BCUT2D eigenvalue weighted by molar-refractivity contribution is -0.123. The molecule has 0 unspecified atom stereocenters. The summed E-state index contributed by atoms with van der Waals surface area (Å²) in [6.07, 6.45) is -0.449. The number of hydrogen-bond acceptors (Lipinski definition) is 9.